The summed E-state index contributed by atoms with van der Waals surface area (Å²) in [5, 5.41) is 17.4. The largest absolute Gasteiger partial charge is 0.444 e. The fourth-order valence-corrected chi connectivity index (χ4v) is 2.32. The molecule has 0 bridgehead atoms. The number of hydrogen-bond donors (Lipinski definition) is 2. The molecule has 2 N–H and O–H groups in total. The Labute approximate surface area is 172 Å². The van der Waals surface area contributed by atoms with E-state index in [0.717, 1.165) is 0 Å². The smallest absolute Gasteiger partial charge is 0.412 e. The van der Waals surface area contributed by atoms with Crippen LogP contribution in [0.25, 0.3) is 0 Å². The Bertz CT molecular complexity index is 1020. The van der Waals surface area contributed by atoms with Crippen molar-refractivity contribution in [2.45, 2.75) is 26.4 Å². The SMILES string of the molecule is Cn1cc(Nc2nnc(Cl)c(Oc3cccc(NC(=O)OC(C)(C)C)c3)n2)cn1. The molecule has 0 atom stereocenters. The Kier molecular flexibility index (Phi) is 5.83. The number of amides is 1. The molecule has 152 valence electrons. The normalized spacial score (nSPS) is 11.1. The van der Waals surface area contributed by atoms with Crippen molar-refractivity contribution < 1.29 is 14.3 Å². The zero-order chi connectivity index (χ0) is 21.0. The monoisotopic (exact) mass is 417 g/mol. The minimum atomic E-state index is -0.601. The van der Waals surface area contributed by atoms with Crippen molar-refractivity contribution in [1.82, 2.24) is 25.0 Å². The molecule has 0 radical (unpaired) electrons. The topological polar surface area (TPSA) is 116 Å². The van der Waals surface area contributed by atoms with E-state index in [1.54, 1.807) is 69.2 Å². The molecule has 0 unspecified atom stereocenters. The van der Waals surface area contributed by atoms with Crippen LogP contribution in [0.2, 0.25) is 5.15 Å². The predicted molar refractivity (Wildman–Crippen MR) is 108 cm³/mol. The molecule has 29 heavy (non-hydrogen) atoms. The fraction of sp³-hybridized carbons (Fsp3) is 0.278. The number of rotatable bonds is 5. The molecular formula is C18H20ClN7O3. The minimum absolute atomic E-state index is 0.00718. The summed E-state index contributed by atoms with van der Waals surface area (Å²) in [5.74, 6) is 0.649. The number of halogens is 1. The van der Waals surface area contributed by atoms with Crippen LogP contribution in [0.5, 0.6) is 11.6 Å². The van der Waals surface area contributed by atoms with Gasteiger partial charge in [0.2, 0.25) is 5.15 Å². The molecule has 10 nitrogen and oxygen atoms in total. The number of benzene rings is 1. The first-order chi connectivity index (χ1) is 13.7. The summed E-state index contributed by atoms with van der Waals surface area (Å²) >= 11 is 6.05. The first kappa shape index (κ1) is 20.3. The van der Waals surface area contributed by atoms with Crippen LogP contribution in [-0.4, -0.2) is 36.7 Å². The van der Waals surface area contributed by atoms with Crippen molar-refractivity contribution in [3.8, 4) is 11.6 Å². The third-order valence-electron chi connectivity index (χ3n) is 3.27. The summed E-state index contributed by atoms with van der Waals surface area (Å²) in [6.07, 6.45) is 2.80. The van der Waals surface area contributed by atoms with E-state index in [1.807, 2.05) is 0 Å². The van der Waals surface area contributed by atoms with Crippen LogP contribution in [0, 0.1) is 0 Å². The van der Waals surface area contributed by atoms with Gasteiger partial charge in [0, 0.05) is 25.0 Å². The molecule has 3 rings (SSSR count). The molecule has 0 aliphatic carbocycles. The van der Waals surface area contributed by atoms with Crippen LogP contribution in [-0.2, 0) is 11.8 Å². The fourth-order valence-electron chi connectivity index (χ4n) is 2.20. The van der Waals surface area contributed by atoms with Gasteiger partial charge >= 0.3 is 6.09 Å². The summed E-state index contributed by atoms with van der Waals surface area (Å²) in [6, 6.07) is 6.70. The highest BCUT2D eigenvalue weighted by Gasteiger charge is 2.17. The van der Waals surface area contributed by atoms with E-state index in [4.69, 9.17) is 21.1 Å². The van der Waals surface area contributed by atoms with Gasteiger partial charge in [-0.05, 0) is 32.9 Å². The second-order valence-corrected chi connectivity index (χ2v) is 7.37. The number of anilines is 3. The molecule has 11 heteroatoms. The van der Waals surface area contributed by atoms with Gasteiger partial charge < -0.3 is 14.8 Å². The second kappa shape index (κ2) is 8.31. The third kappa shape index (κ3) is 6.04. The first-order valence-corrected chi connectivity index (χ1v) is 8.99. The lowest BCUT2D eigenvalue weighted by atomic mass is 10.2. The molecule has 0 fully saturated rings. The summed E-state index contributed by atoms with van der Waals surface area (Å²) in [4.78, 5) is 16.2. The van der Waals surface area contributed by atoms with E-state index < -0.39 is 11.7 Å². The maximum absolute atomic E-state index is 11.9. The highest BCUT2D eigenvalue weighted by Crippen LogP contribution is 2.28. The Morgan fingerprint density at radius 1 is 1.21 bits per heavy atom. The van der Waals surface area contributed by atoms with Gasteiger partial charge in [-0.3, -0.25) is 10.00 Å². The van der Waals surface area contributed by atoms with Crippen molar-refractivity contribution in [1.29, 1.82) is 0 Å². The maximum atomic E-state index is 11.9. The van der Waals surface area contributed by atoms with E-state index in [0.29, 0.717) is 17.1 Å². The number of ether oxygens (including phenoxy) is 2. The Morgan fingerprint density at radius 2 is 2.00 bits per heavy atom. The Morgan fingerprint density at radius 3 is 2.69 bits per heavy atom. The molecule has 0 spiro atoms. The zero-order valence-corrected chi connectivity index (χ0v) is 17.1. The van der Waals surface area contributed by atoms with Gasteiger partial charge in [0.05, 0.1) is 11.9 Å². The van der Waals surface area contributed by atoms with Crippen molar-refractivity contribution in [2.24, 2.45) is 7.05 Å². The van der Waals surface area contributed by atoms with Crippen molar-refractivity contribution in [3.63, 3.8) is 0 Å². The average molecular weight is 418 g/mol. The minimum Gasteiger partial charge on any atom is -0.444 e. The average Bonchev–Trinajstić information content (AvgIpc) is 3.01. The molecule has 3 aromatic rings. The van der Waals surface area contributed by atoms with Gasteiger partial charge in [0.1, 0.15) is 11.4 Å². The van der Waals surface area contributed by atoms with Crippen molar-refractivity contribution in [2.75, 3.05) is 10.6 Å². The molecule has 0 aliphatic heterocycles. The summed E-state index contributed by atoms with van der Waals surface area (Å²) in [6.45, 7) is 5.36. The standard InChI is InChI=1S/C18H20ClN7O3/c1-18(2,3)29-17(27)22-11-6-5-7-13(8-11)28-15-14(19)24-25-16(23-15)21-12-9-20-26(4)10-12/h5-10H,1-4H3,(H,22,27)(H,21,23,25). The highest BCUT2D eigenvalue weighted by molar-refractivity contribution is 6.30. The molecule has 1 aromatic carbocycles. The van der Waals surface area contributed by atoms with Gasteiger partial charge in [-0.1, -0.05) is 17.7 Å². The van der Waals surface area contributed by atoms with E-state index in [2.05, 4.69) is 30.9 Å². The number of hydrogen-bond acceptors (Lipinski definition) is 8. The van der Waals surface area contributed by atoms with Gasteiger partial charge in [0.25, 0.3) is 11.8 Å². The van der Waals surface area contributed by atoms with Gasteiger partial charge in [-0.2, -0.15) is 10.1 Å². The molecular weight excluding hydrogens is 398 g/mol. The van der Waals surface area contributed by atoms with Gasteiger partial charge in [0.15, 0.2) is 0 Å². The van der Waals surface area contributed by atoms with Crippen LogP contribution >= 0.6 is 11.6 Å². The van der Waals surface area contributed by atoms with Crippen molar-refractivity contribution in [3.05, 3.63) is 41.8 Å². The maximum Gasteiger partial charge on any atom is 0.412 e. The van der Waals surface area contributed by atoms with Crippen LogP contribution in [0.4, 0.5) is 22.1 Å². The van der Waals surface area contributed by atoms with E-state index in [-0.39, 0.29) is 17.0 Å². The number of carbonyl (C=O) groups is 1. The quantitative estimate of drug-likeness (QED) is 0.636. The lowest BCUT2D eigenvalue weighted by molar-refractivity contribution is 0.0636. The highest BCUT2D eigenvalue weighted by atomic mass is 35.5. The lowest BCUT2D eigenvalue weighted by Crippen LogP contribution is -2.27. The number of nitrogens with one attached hydrogen (secondary N) is 2. The predicted octanol–water partition coefficient (Wildman–Crippen LogP) is 4.14. The van der Waals surface area contributed by atoms with Crippen LogP contribution in [0.15, 0.2) is 36.7 Å². The summed E-state index contributed by atoms with van der Waals surface area (Å²) < 4.78 is 12.6. The zero-order valence-electron chi connectivity index (χ0n) is 16.3. The Balaban J connectivity index is 1.72. The molecule has 0 aliphatic rings. The summed E-state index contributed by atoms with van der Waals surface area (Å²) in [7, 11) is 1.79. The third-order valence-corrected chi connectivity index (χ3v) is 3.51. The van der Waals surface area contributed by atoms with Crippen LogP contribution in [0.1, 0.15) is 20.8 Å². The number of aryl methyl sites for hydroxylation is 1. The molecule has 2 heterocycles. The van der Waals surface area contributed by atoms with Gasteiger partial charge in [-0.15, -0.1) is 10.2 Å². The molecule has 0 saturated heterocycles. The second-order valence-electron chi connectivity index (χ2n) is 7.02. The van der Waals surface area contributed by atoms with E-state index >= 15 is 0 Å². The number of aromatic nitrogens is 5. The number of nitrogens with zero attached hydrogens (tertiary/aromatic N) is 5. The molecule has 2 aromatic heterocycles. The molecule has 1 amide bonds. The Hall–Kier alpha value is -3.40. The van der Waals surface area contributed by atoms with Gasteiger partial charge in [-0.25, -0.2) is 4.79 Å². The number of carbonyl (C=O) groups excluding carboxylic acids is 1. The van der Waals surface area contributed by atoms with Crippen molar-refractivity contribution >= 4 is 35.0 Å². The summed E-state index contributed by atoms with van der Waals surface area (Å²) in [5.41, 5.74) is 0.575. The van der Waals surface area contributed by atoms with E-state index in [9.17, 15) is 4.79 Å². The lowest BCUT2D eigenvalue weighted by Gasteiger charge is -2.19. The first-order valence-electron chi connectivity index (χ1n) is 8.62. The molecule has 0 saturated carbocycles. The van der Waals surface area contributed by atoms with Crippen LogP contribution in [0.3, 0.4) is 0 Å². The van der Waals surface area contributed by atoms with Crippen LogP contribution < -0.4 is 15.4 Å². The van der Waals surface area contributed by atoms with E-state index in [1.165, 1.54) is 0 Å².